The Morgan fingerprint density at radius 3 is 2.40 bits per heavy atom. The summed E-state index contributed by atoms with van der Waals surface area (Å²) in [6.45, 7) is 0. The topological polar surface area (TPSA) is 18.5 Å². The van der Waals surface area contributed by atoms with Gasteiger partial charge >= 0.3 is 0 Å². The standard InChI is InChI=1S/C15H13Cl2FO2/c1-19-12-7-6-9(8-13(12)20-2)14(16)10-4-3-5-11(18)15(10)17/h3-8,14H,1-2H3. The van der Waals surface area contributed by atoms with E-state index in [4.69, 9.17) is 32.7 Å². The summed E-state index contributed by atoms with van der Waals surface area (Å²) in [4.78, 5) is 0. The summed E-state index contributed by atoms with van der Waals surface area (Å²) >= 11 is 12.3. The van der Waals surface area contributed by atoms with Crippen LogP contribution in [0.25, 0.3) is 0 Å². The van der Waals surface area contributed by atoms with Crippen LogP contribution in [0.4, 0.5) is 4.39 Å². The lowest BCUT2D eigenvalue weighted by Crippen LogP contribution is -1.98. The van der Waals surface area contributed by atoms with Gasteiger partial charge < -0.3 is 9.47 Å². The smallest absolute Gasteiger partial charge is 0.161 e. The van der Waals surface area contributed by atoms with Crippen LogP contribution in [-0.2, 0) is 0 Å². The van der Waals surface area contributed by atoms with Crippen molar-refractivity contribution in [1.29, 1.82) is 0 Å². The van der Waals surface area contributed by atoms with Gasteiger partial charge in [0.2, 0.25) is 0 Å². The lowest BCUT2D eigenvalue weighted by Gasteiger charge is -2.15. The van der Waals surface area contributed by atoms with Crippen molar-refractivity contribution in [1.82, 2.24) is 0 Å². The molecule has 0 spiro atoms. The number of methoxy groups -OCH3 is 2. The Morgan fingerprint density at radius 1 is 1.05 bits per heavy atom. The third kappa shape index (κ3) is 2.84. The molecule has 0 radical (unpaired) electrons. The van der Waals surface area contributed by atoms with E-state index in [1.165, 1.54) is 6.07 Å². The van der Waals surface area contributed by atoms with Gasteiger partial charge in [-0.25, -0.2) is 4.39 Å². The van der Waals surface area contributed by atoms with Crippen molar-refractivity contribution in [2.24, 2.45) is 0 Å². The molecule has 0 fully saturated rings. The van der Waals surface area contributed by atoms with Crippen LogP contribution < -0.4 is 9.47 Å². The molecule has 0 amide bonds. The second kappa shape index (κ2) is 6.33. The van der Waals surface area contributed by atoms with Crippen molar-refractivity contribution in [3.05, 3.63) is 58.4 Å². The molecule has 0 bridgehead atoms. The molecule has 1 atom stereocenters. The van der Waals surface area contributed by atoms with Gasteiger partial charge in [0.15, 0.2) is 11.5 Å². The van der Waals surface area contributed by atoms with Crippen molar-refractivity contribution >= 4 is 23.2 Å². The Kier molecular flexibility index (Phi) is 4.73. The molecule has 2 aromatic carbocycles. The number of alkyl halides is 1. The highest BCUT2D eigenvalue weighted by Gasteiger charge is 2.18. The van der Waals surface area contributed by atoms with E-state index in [0.717, 1.165) is 5.56 Å². The largest absolute Gasteiger partial charge is 0.493 e. The lowest BCUT2D eigenvalue weighted by atomic mass is 10.0. The normalized spacial score (nSPS) is 12.1. The number of benzene rings is 2. The molecular weight excluding hydrogens is 302 g/mol. The number of rotatable bonds is 4. The second-order valence-electron chi connectivity index (χ2n) is 4.12. The number of hydrogen-bond acceptors (Lipinski definition) is 2. The van der Waals surface area contributed by atoms with E-state index in [1.54, 1.807) is 44.6 Å². The molecule has 0 saturated carbocycles. The summed E-state index contributed by atoms with van der Waals surface area (Å²) in [6, 6.07) is 9.85. The minimum Gasteiger partial charge on any atom is -0.493 e. The molecule has 0 heterocycles. The van der Waals surface area contributed by atoms with Crippen molar-refractivity contribution in [2.45, 2.75) is 5.38 Å². The molecule has 0 aliphatic heterocycles. The second-order valence-corrected chi connectivity index (χ2v) is 4.93. The summed E-state index contributed by atoms with van der Waals surface area (Å²) in [5.74, 6) is 0.670. The van der Waals surface area contributed by atoms with Gasteiger partial charge in [-0.1, -0.05) is 29.8 Å². The van der Waals surface area contributed by atoms with Gasteiger partial charge in [0.05, 0.1) is 24.6 Å². The van der Waals surface area contributed by atoms with Crippen LogP contribution in [0.5, 0.6) is 11.5 Å². The van der Waals surface area contributed by atoms with Crippen molar-refractivity contribution in [3.8, 4) is 11.5 Å². The SMILES string of the molecule is COc1ccc(C(Cl)c2cccc(F)c2Cl)cc1OC. The van der Waals surface area contributed by atoms with Crippen LogP contribution in [0.3, 0.4) is 0 Å². The maximum atomic E-state index is 13.5. The predicted octanol–water partition coefficient (Wildman–Crippen LogP) is 4.82. The van der Waals surface area contributed by atoms with Crippen LogP contribution in [-0.4, -0.2) is 14.2 Å². The zero-order valence-electron chi connectivity index (χ0n) is 11.0. The van der Waals surface area contributed by atoms with Crippen LogP contribution >= 0.6 is 23.2 Å². The van der Waals surface area contributed by atoms with Crippen molar-refractivity contribution in [3.63, 3.8) is 0 Å². The summed E-state index contributed by atoms with van der Waals surface area (Å²) in [7, 11) is 3.10. The zero-order chi connectivity index (χ0) is 14.7. The Morgan fingerprint density at radius 2 is 1.75 bits per heavy atom. The number of hydrogen-bond donors (Lipinski definition) is 0. The third-order valence-corrected chi connectivity index (χ3v) is 3.84. The average molecular weight is 315 g/mol. The van der Waals surface area contributed by atoms with Crippen LogP contribution in [0.2, 0.25) is 5.02 Å². The molecule has 20 heavy (non-hydrogen) atoms. The summed E-state index contributed by atoms with van der Waals surface area (Å²) in [5.41, 5.74) is 1.26. The van der Waals surface area contributed by atoms with Crippen LogP contribution in [0.1, 0.15) is 16.5 Å². The first-order valence-electron chi connectivity index (χ1n) is 5.88. The fraction of sp³-hybridized carbons (Fsp3) is 0.200. The summed E-state index contributed by atoms with van der Waals surface area (Å²) < 4.78 is 23.9. The van der Waals surface area contributed by atoms with Gasteiger partial charge in [0.1, 0.15) is 5.82 Å². The lowest BCUT2D eigenvalue weighted by molar-refractivity contribution is 0.354. The molecule has 2 nitrogen and oxygen atoms in total. The molecule has 2 rings (SSSR count). The minimum absolute atomic E-state index is 0.0299. The van der Waals surface area contributed by atoms with E-state index in [9.17, 15) is 4.39 Å². The first-order chi connectivity index (χ1) is 9.58. The Bertz CT molecular complexity index is 617. The highest BCUT2D eigenvalue weighted by Crippen LogP contribution is 2.38. The zero-order valence-corrected chi connectivity index (χ0v) is 12.5. The molecule has 0 aromatic heterocycles. The molecule has 5 heteroatoms. The predicted molar refractivity (Wildman–Crippen MR) is 78.7 cm³/mol. The minimum atomic E-state index is -0.571. The van der Waals surface area contributed by atoms with Gasteiger partial charge in [-0.15, -0.1) is 11.6 Å². The maximum absolute atomic E-state index is 13.5. The average Bonchev–Trinajstić information content (AvgIpc) is 2.48. The first kappa shape index (κ1) is 14.9. The van der Waals surface area contributed by atoms with E-state index in [0.29, 0.717) is 17.1 Å². The van der Waals surface area contributed by atoms with Gasteiger partial charge in [-0.2, -0.15) is 0 Å². The Hall–Kier alpha value is -1.45. The fourth-order valence-electron chi connectivity index (χ4n) is 1.91. The third-order valence-electron chi connectivity index (χ3n) is 2.95. The number of ether oxygens (including phenoxy) is 2. The van der Waals surface area contributed by atoms with Gasteiger partial charge in [0, 0.05) is 0 Å². The number of halogens is 3. The van der Waals surface area contributed by atoms with E-state index >= 15 is 0 Å². The van der Waals surface area contributed by atoms with Crippen molar-refractivity contribution in [2.75, 3.05) is 14.2 Å². The van der Waals surface area contributed by atoms with E-state index < -0.39 is 11.2 Å². The monoisotopic (exact) mass is 314 g/mol. The highest BCUT2D eigenvalue weighted by molar-refractivity contribution is 6.33. The van der Waals surface area contributed by atoms with Gasteiger partial charge in [0.25, 0.3) is 0 Å². The van der Waals surface area contributed by atoms with Gasteiger partial charge in [-0.3, -0.25) is 0 Å². The quantitative estimate of drug-likeness (QED) is 0.753. The fourth-order valence-corrected chi connectivity index (χ4v) is 2.51. The Labute approximate surface area is 127 Å². The molecular formula is C15H13Cl2FO2. The van der Waals surface area contributed by atoms with Gasteiger partial charge in [-0.05, 0) is 29.3 Å². The molecule has 2 aromatic rings. The van der Waals surface area contributed by atoms with E-state index in [1.807, 2.05) is 0 Å². The van der Waals surface area contributed by atoms with Crippen LogP contribution in [0, 0.1) is 5.82 Å². The first-order valence-corrected chi connectivity index (χ1v) is 6.69. The molecule has 106 valence electrons. The van der Waals surface area contributed by atoms with Crippen molar-refractivity contribution < 1.29 is 13.9 Å². The molecule has 0 N–H and O–H groups in total. The molecule has 0 aliphatic carbocycles. The Balaban J connectivity index is 2.43. The van der Waals surface area contributed by atoms with E-state index in [2.05, 4.69) is 0 Å². The van der Waals surface area contributed by atoms with E-state index in [-0.39, 0.29) is 5.02 Å². The highest BCUT2D eigenvalue weighted by atomic mass is 35.5. The van der Waals surface area contributed by atoms with Crippen LogP contribution in [0.15, 0.2) is 36.4 Å². The molecule has 0 aliphatic rings. The summed E-state index contributed by atoms with van der Waals surface area (Å²) in [6.07, 6.45) is 0. The molecule has 0 saturated heterocycles. The maximum Gasteiger partial charge on any atom is 0.161 e. The molecule has 1 unspecified atom stereocenters. The summed E-state index contributed by atoms with van der Waals surface area (Å²) in [5, 5.41) is -0.541.